The lowest BCUT2D eigenvalue weighted by atomic mass is 9.98. The zero-order chi connectivity index (χ0) is 22.8. The molecule has 1 amide bonds. The molecule has 0 aromatic carbocycles. The zero-order valence-electron chi connectivity index (χ0n) is 17.6. The molecular formula is C21H21ClN6O3S. The van der Waals surface area contributed by atoms with Crippen molar-refractivity contribution < 1.29 is 15.0 Å². The third kappa shape index (κ3) is 3.00. The minimum atomic E-state index is -1.16. The molecule has 3 N–H and O–H groups in total. The van der Waals surface area contributed by atoms with E-state index in [9.17, 15) is 15.0 Å². The van der Waals surface area contributed by atoms with E-state index in [1.165, 1.54) is 18.4 Å². The largest absolute Gasteiger partial charge is 0.389 e. The minimum absolute atomic E-state index is 0.217. The molecule has 0 saturated heterocycles. The summed E-state index contributed by atoms with van der Waals surface area (Å²) in [5, 5.41) is 24.1. The van der Waals surface area contributed by atoms with Crippen molar-refractivity contribution in [1.29, 1.82) is 0 Å². The van der Waals surface area contributed by atoms with Gasteiger partial charge in [0.25, 0.3) is 0 Å². The molecule has 32 heavy (non-hydrogen) atoms. The van der Waals surface area contributed by atoms with E-state index < -0.39 is 23.7 Å². The van der Waals surface area contributed by atoms with Crippen LogP contribution in [0.1, 0.15) is 23.2 Å². The lowest BCUT2D eigenvalue weighted by molar-refractivity contribution is -0.132. The van der Waals surface area contributed by atoms with Gasteiger partial charge in [-0.15, -0.1) is 11.3 Å². The van der Waals surface area contributed by atoms with Crippen molar-refractivity contribution in [2.75, 3.05) is 26.0 Å². The van der Waals surface area contributed by atoms with Gasteiger partial charge in [0, 0.05) is 27.1 Å². The fraction of sp³-hybridized carbons (Fsp3) is 0.429. The summed E-state index contributed by atoms with van der Waals surface area (Å²) in [7, 11) is 5.24. The first-order valence-electron chi connectivity index (χ1n) is 10.1. The van der Waals surface area contributed by atoms with Gasteiger partial charge in [0.05, 0.1) is 33.1 Å². The monoisotopic (exact) mass is 472 g/mol. The molecule has 3 aromatic heterocycles. The van der Waals surface area contributed by atoms with Gasteiger partial charge in [-0.05, 0) is 30.4 Å². The maximum absolute atomic E-state index is 12.5. The van der Waals surface area contributed by atoms with Crippen molar-refractivity contribution in [3.05, 3.63) is 33.5 Å². The highest BCUT2D eigenvalue weighted by Crippen LogP contribution is 2.67. The molecule has 0 bridgehead atoms. The van der Waals surface area contributed by atoms with Crippen molar-refractivity contribution in [2.24, 2.45) is 11.3 Å². The van der Waals surface area contributed by atoms with Crippen LogP contribution in [0.25, 0.3) is 11.2 Å². The summed E-state index contributed by atoms with van der Waals surface area (Å²) in [5.41, 5.74) is 0.0704. The van der Waals surface area contributed by atoms with E-state index in [4.69, 9.17) is 11.6 Å². The van der Waals surface area contributed by atoms with Crippen molar-refractivity contribution in [3.63, 3.8) is 0 Å². The van der Waals surface area contributed by atoms with E-state index in [0.717, 1.165) is 4.88 Å². The number of fused-ring (bicyclic) bond motifs is 2. The summed E-state index contributed by atoms with van der Waals surface area (Å²) in [5.74, 6) is 6.42. The molecule has 2 saturated carbocycles. The number of rotatable bonds is 3. The van der Waals surface area contributed by atoms with Gasteiger partial charge in [0.2, 0.25) is 11.7 Å². The number of anilines is 1. The maximum Gasteiger partial charge on any atom is 0.229 e. The fourth-order valence-corrected chi connectivity index (χ4v) is 5.67. The van der Waals surface area contributed by atoms with Crippen LogP contribution in [-0.2, 0) is 4.79 Å². The average molecular weight is 473 g/mol. The molecule has 2 aliphatic carbocycles. The number of nitrogens with one attached hydrogen (secondary N) is 1. The highest BCUT2D eigenvalue weighted by molar-refractivity contribution is 7.16. The van der Waals surface area contributed by atoms with E-state index in [0.29, 0.717) is 33.6 Å². The Labute approximate surface area is 193 Å². The van der Waals surface area contributed by atoms with Crippen LogP contribution in [0, 0.1) is 23.2 Å². The third-order valence-electron chi connectivity index (χ3n) is 6.34. The molecule has 0 radical (unpaired) electrons. The molecule has 3 heterocycles. The number of amides is 1. The average Bonchev–Trinajstić information content (AvgIpc) is 3.02. The Morgan fingerprint density at radius 1 is 1.34 bits per heavy atom. The predicted molar refractivity (Wildman–Crippen MR) is 121 cm³/mol. The van der Waals surface area contributed by atoms with Gasteiger partial charge in [0.1, 0.15) is 6.10 Å². The van der Waals surface area contributed by atoms with Crippen LogP contribution in [0.3, 0.4) is 0 Å². The van der Waals surface area contributed by atoms with Crippen LogP contribution < -0.4 is 10.2 Å². The number of thiophene rings is 1. The molecule has 0 aliphatic heterocycles. The summed E-state index contributed by atoms with van der Waals surface area (Å²) in [4.78, 5) is 28.7. The Balaban J connectivity index is 1.60. The number of halogens is 1. The number of hydrogen-bond acceptors (Lipinski definition) is 8. The summed E-state index contributed by atoms with van der Waals surface area (Å²) < 4.78 is 2.39. The molecule has 3 aromatic rings. The predicted octanol–water partition coefficient (Wildman–Crippen LogP) is 1.04. The van der Waals surface area contributed by atoms with Crippen LogP contribution in [0.15, 0.2) is 18.5 Å². The third-order valence-corrected chi connectivity index (χ3v) is 7.49. The molecule has 5 unspecified atom stereocenters. The van der Waals surface area contributed by atoms with Crippen LogP contribution >= 0.6 is 22.9 Å². The van der Waals surface area contributed by atoms with E-state index in [1.807, 2.05) is 25.1 Å². The Kier molecular flexibility index (Phi) is 4.90. The number of carbonyl (C=O) groups excluding carboxylic acids is 1. The summed E-state index contributed by atoms with van der Waals surface area (Å²) in [6.45, 7) is 0. The fourth-order valence-electron chi connectivity index (χ4n) is 4.77. The van der Waals surface area contributed by atoms with Gasteiger partial charge in [-0.2, -0.15) is 0 Å². The zero-order valence-corrected chi connectivity index (χ0v) is 19.1. The molecule has 166 valence electrons. The minimum Gasteiger partial charge on any atom is -0.389 e. The number of aliphatic hydroxyl groups is 2. The molecule has 2 aliphatic rings. The van der Waals surface area contributed by atoms with Crippen molar-refractivity contribution in [1.82, 2.24) is 24.8 Å². The summed E-state index contributed by atoms with van der Waals surface area (Å²) in [6.07, 6.45) is -0.203. The molecule has 5 rings (SSSR count). The lowest BCUT2D eigenvalue weighted by Crippen LogP contribution is -2.41. The number of imidazole rings is 1. The first-order valence-corrected chi connectivity index (χ1v) is 11.2. The first-order chi connectivity index (χ1) is 15.3. The van der Waals surface area contributed by atoms with Crippen LogP contribution in [0.5, 0.6) is 0 Å². The normalized spacial score (nSPS) is 28.2. The molecular weight excluding hydrogens is 452 g/mol. The van der Waals surface area contributed by atoms with E-state index in [2.05, 4.69) is 32.1 Å². The lowest BCUT2D eigenvalue weighted by Gasteiger charge is -2.23. The second-order valence-electron chi connectivity index (χ2n) is 8.30. The van der Waals surface area contributed by atoms with Crippen LogP contribution in [0.2, 0.25) is 4.34 Å². The van der Waals surface area contributed by atoms with Crippen molar-refractivity contribution in [3.8, 4) is 11.8 Å². The molecule has 0 spiro atoms. The summed E-state index contributed by atoms with van der Waals surface area (Å²) >= 11 is 7.35. The second-order valence-corrected chi connectivity index (χ2v) is 10.0. The van der Waals surface area contributed by atoms with Crippen LogP contribution in [-0.4, -0.2) is 69.0 Å². The van der Waals surface area contributed by atoms with Gasteiger partial charge in [-0.25, -0.2) is 15.0 Å². The molecule has 9 nitrogen and oxygen atoms in total. The van der Waals surface area contributed by atoms with Gasteiger partial charge in [-0.1, -0.05) is 11.6 Å². The Hall–Kier alpha value is -2.71. The maximum atomic E-state index is 12.5. The number of carbonyl (C=O) groups is 1. The molecule has 2 fully saturated rings. The number of hydrogen-bond donors (Lipinski definition) is 3. The van der Waals surface area contributed by atoms with Gasteiger partial charge >= 0.3 is 0 Å². The van der Waals surface area contributed by atoms with Gasteiger partial charge in [0.15, 0.2) is 17.0 Å². The second kappa shape index (κ2) is 7.42. The van der Waals surface area contributed by atoms with Crippen molar-refractivity contribution in [2.45, 2.75) is 24.7 Å². The quantitative estimate of drug-likeness (QED) is 0.487. The Morgan fingerprint density at radius 2 is 2.12 bits per heavy atom. The number of nitrogens with zero attached hydrogens (tertiary/aromatic N) is 5. The van der Waals surface area contributed by atoms with Crippen molar-refractivity contribution >= 4 is 45.8 Å². The molecule has 5 atom stereocenters. The highest BCUT2D eigenvalue weighted by atomic mass is 35.5. The Bertz CT molecular complexity index is 1290. The topological polar surface area (TPSA) is 116 Å². The smallest absolute Gasteiger partial charge is 0.229 e. The number of aliphatic hydroxyl groups excluding tert-OH is 2. The van der Waals surface area contributed by atoms with E-state index in [1.54, 1.807) is 17.0 Å². The van der Waals surface area contributed by atoms with Crippen LogP contribution in [0.4, 0.5) is 5.82 Å². The SMILES string of the molecule is CNC(=O)C12CC1C(n1cnc3c(N(C)C)nc(C#Cc4ccc(Cl)s4)nc31)C(O)C2O. The first kappa shape index (κ1) is 21.2. The standard InChI is InChI=1S/C21H21ClN6O3S/c1-23-20(31)21-8-11(21)15(16(29)17(21)30)28-9-24-14-18(27(2)3)25-13(26-19(14)28)7-5-10-4-6-12(22)32-10/h4,6,9,11,15-17,29-30H,8H2,1-3H3,(H,23,31). The van der Waals surface area contributed by atoms with E-state index in [-0.39, 0.29) is 11.8 Å². The Morgan fingerprint density at radius 3 is 2.78 bits per heavy atom. The van der Waals surface area contributed by atoms with Gasteiger partial charge in [-0.3, -0.25) is 4.79 Å². The highest BCUT2D eigenvalue weighted by Gasteiger charge is 2.75. The van der Waals surface area contributed by atoms with E-state index >= 15 is 0 Å². The van der Waals surface area contributed by atoms with Gasteiger partial charge < -0.3 is 25.0 Å². The molecule has 11 heteroatoms. The number of aromatic nitrogens is 4. The summed E-state index contributed by atoms with van der Waals surface area (Å²) in [6, 6.07) is 3.08.